The van der Waals surface area contributed by atoms with Gasteiger partial charge in [-0.2, -0.15) is 0 Å². The summed E-state index contributed by atoms with van der Waals surface area (Å²) in [6.45, 7) is 5.56. The summed E-state index contributed by atoms with van der Waals surface area (Å²) in [7, 11) is 0. The first-order valence-electron chi connectivity index (χ1n) is 5.95. The lowest BCUT2D eigenvalue weighted by Gasteiger charge is -2.11. The molecule has 1 rings (SSSR count). The Morgan fingerprint density at radius 2 is 2.00 bits per heavy atom. The van der Waals surface area contributed by atoms with E-state index in [1.165, 1.54) is 17.6 Å². The molecule has 1 N–H and O–H groups in total. The van der Waals surface area contributed by atoms with Crippen molar-refractivity contribution >= 4 is 11.7 Å². The van der Waals surface area contributed by atoms with Crippen molar-refractivity contribution in [3.8, 4) is 0 Å². The van der Waals surface area contributed by atoms with Crippen LogP contribution >= 0.6 is 0 Å². The van der Waals surface area contributed by atoms with Gasteiger partial charge in [-0.15, -0.1) is 0 Å². The molecule has 1 amide bonds. The second-order valence-electron chi connectivity index (χ2n) is 4.19. The van der Waals surface area contributed by atoms with Gasteiger partial charge in [-0.3, -0.25) is 14.4 Å². The topological polar surface area (TPSA) is 68.2 Å². The number of carbonyl (C=O) groups excluding carboxylic acids is 2. The molecular weight excluding hydrogens is 232 g/mol. The number of rotatable bonds is 5. The molecule has 0 unspecified atom stereocenters. The quantitative estimate of drug-likeness (QED) is 0.789. The van der Waals surface area contributed by atoms with E-state index < -0.39 is 5.56 Å². The van der Waals surface area contributed by atoms with Crippen LogP contribution in [0.25, 0.3) is 0 Å². The van der Waals surface area contributed by atoms with E-state index in [4.69, 9.17) is 0 Å². The van der Waals surface area contributed by atoms with Crippen molar-refractivity contribution in [1.29, 1.82) is 0 Å². The van der Waals surface area contributed by atoms with Crippen molar-refractivity contribution in [3.63, 3.8) is 0 Å². The molecular formula is C13H18N2O3. The molecule has 0 fully saturated rings. The van der Waals surface area contributed by atoms with Crippen LogP contribution in [0.15, 0.2) is 16.9 Å². The maximum absolute atomic E-state index is 12.0. The largest absolute Gasteiger partial charge is 0.355 e. The third-order valence-electron chi connectivity index (χ3n) is 2.65. The lowest BCUT2D eigenvalue weighted by Crippen LogP contribution is -2.35. The number of hydrogen-bond acceptors (Lipinski definition) is 3. The van der Waals surface area contributed by atoms with Gasteiger partial charge in [0.25, 0.3) is 5.56 Å². The van der Waals surface area contributed by atoms with Gasteiger partial charge in [0.2, 0.25) is 5.91 Å². The number of ketones is 1. The Labute approximate surface area is 106 Å². The minimum absolute atomic E-state index is 0.0498. The molecule has 0 aliphatic carbocycles. The van der Waals surface area contributed by atoms with Gasteiger partial charge >= 0.3 is 0 Å². The highest BCUT2D eigenvalue weighted by molar-refractivity contribution is 5.93. The number of Topliss-reactive ketones (excluding diaryl/α,β-unsaturated/α-hetero) is 1. The molecule has 5 nitrogen and oxygen atoms in total. The zero-order valence-corrected chi connectivity index (χ0v) is 10.9. The van der Waals surface area contributed by atoms with E-state index in [9.17, 15) is 14.4 Å². The standard InChI is InChI=1S/C13H18N2O3/c1-4-7-14-12(17)8-15-9(2)5-6-11(10(3)16)13(15)18/h5-6H,4,7-8H2,1-3H3,(H,14,17). The highest BCUT2D eigenvalue weighted by Crippen LogP contribution is 1.99. The molecule has 0 aliphatic heterocycles. The zero-order chi connectivity index (χ0) is 13.7. The lowest BCUT2D eigenvalue weighted by molar-refractivity contribution is -0.121. The van der Waals surface area contributed by atoms with Crippen molar-refractivity contribution in [2.75, 3.05) is 6.54 Å². The predicted octanol–water partition coefficient (Wildman–Crippen LogP) is 0.886. The molecule has 0 bridgehead atoms. The second-order valence-corrected chi connectivity index (χ2v) is 4.19. The van der Waals surface area contributed by atoms with E-state index in [1.54, 1.807) is 13.0 Å². The van der Waals surface area contributed by atoms with Crippen LogP contribution in [-0.4, -0.2) is 22.8 Å². The van der Waals surface area contributed by atoms with Crippen LogP contribution in [0, 0.1) is 6.92 Å². The fourth-order valence-corrected chi connectivity index (χ4v) is 1.60. The van der Waals surface area contributed by atoms with Crippen LogP contribution in [0.4, 0.5) is 0 Å². The van der Waals surface area contributed by atoms with E-state index in [-0.39, 0.29) is 23.8 Å². The molecule has 0 aromatic carbocycles. The van der Waals surface area contributed by atoms with Crippen LogP contribution in [0.1, 0.15) is 36.3 Å². The number of hydrogen-bond donors (Lipinski definition) is 1. The van der Waals surface area contributed by atoms with Gasteiger partial charge in [-0.25, -0.2) is 0 Å². The molecule has 0 atom stereocenters. The highest BCUT2D eigenvalue weighted by atomic mass is 16.2. The number of nitrogens with one attached hydrogen (secondary N) is 1. The Morgan fingerprint density at radius 1 is 1.33 bits per heavy atom. The Hall–Kier alpha value is -1.91. The van der Waals surface area contributed by atoms with Gasteiger partial charge in [0, 0.05) is 12.2 Å². The molecule has 1 aromatic rings. The summed E-state index contributed by atoms with van der Waals surface area (Å²) in [6, 6.07) is 3.17. The number of aryl methyl sites for hydroxylation is 1. The summed E-state index contributed by atoms with van der Waals surface area (Å²) in [5.41, 5.74) is 0.370. The van der Waals surface area contributed by atoms with E-state index in [2.05, 4.69) is 5.32 Å². The van der Waals surface area contributed by atoms with Crippen molar-refractivity contribution in [2.24, 2.45) is 0 Å². The first-order chi connectivity index (χ1) is 8.47. The monoisotopic (exact) mass is 250 g/mol. The smallest absolute Gasteiger partial charge is 0.262 e. The van der Waals surface area contributed by atoms with Crippen LogP contribution in [0.2, 0.25) is 0 Å². The average molecular weight is 250 g/mol. The number of nitrogens with zero attached hydrogens (tertiary/aromatic N) is 1. The molecule has 1 aromatic heterocycles. The predicted molar refractivity (Wildman–Crippen MR) is 68.7 cm³/mol. The van der Waals surface area contributed by atoms with Gasteiger partial charge in [0.05, 0.1) is 5.56 Å². The fraction of sp³-hybridized carbons (Fsp3) is 0.462. The molecule has 5 heteroatoms. The maximum atomic E-state index is 12.0. The minimum Gasteiger partial charge on any atom is -0.355 e. The number of aromatic nitrogens is 1. The van der Waals surface area contributed by atoms with Crippen molar-refractivity contribution in [2.45, 2.75) is 33.7 Å². The Morgan fingerprint density at radius 3 is 2.56 bits per heavy atom. The molecule has 0 spiro atoms. The third kappa shape index (κ3) is 3.29. The van der Waals surface area contributed by atoms with Crippen LogP contribution in [-0.2, 0) is 11.3 Å². The second kappa shape index (κ2) is 6.14. The molecule has 0 radical (unpaired) electrons. The van der Waals surface area contributed by atoms with Crippen molar-refractivity contribution < 1.29 is 9.59 Å². The average Bonchev–Trinajstić information content (AvgIpc) is 2.31. The molecule has 0 aliphatic rings. The normalized spacial score (nSPS) is 10.2. The van der Waals surface area contributed by atoms with Crippen molar-refractivity contribution in [3.05, 3.63) is 33.7 Å². The number of carbonyl (C=O) groups is 2. The summed E-state index contributed by atoms with van der Waals surface area (Å²) in [6.07, 6.45) is 0.840. The Balaban J connectivity index is 3.01. The fourth-order valence-electron chi connectivity index (χ4n) is 1.60. The van der Waals surface area contributed by atoms with E-state index in [1.807, 2.05) is 6.92 Å². The zero-order valence-electron chi connectivity index (χ0n) is 10.9. The van der Waals surface area contributed by atoms with Crippen LogP contribution in [0.5, 0.6) is 0 Å². The van der Waals surface area contributed by atoms with Gasteiger partial charge in [0.15, 0.2) is 5.78 Å². The summed E-state index contributed by atoms with van der Waals surface area (Å²) >= 11 is 0. The molecule has 98 valence electrons. The molecule has 18 heavy (non-hydrogen) atoms. The number of amides is 1. The van der Waals surface area contributed by atoms with Gasteiger partial charge in [0.1, 0.15) is 6.54 Å². The summed E-state index contributed by atoms with van der Waals surface area (Å²) in [4.78, 5) is 34.9. The van der Waals surface area contributed by atoms with E-state index in [0.29, 0.717) is 12.2 Å². The summed E-state index contributed by atoms with van der Waals surface area (Å²) in [5.74, 6) is -0.509. The maximum Gasteiger partial charge on any atom is 0.262 e. The highest BCUT2D eigenvalue weighted by Gasteiger charge is 2.12. The summed E-state index contributed by atoms with van der Waals surface area (Å²) in [5, 5.41) is 2.70. The summed E-state index contributed by atoms with van der Waals surface area (Å²) < 4.78 is 1.32. The SMILES string of the molecule is CCCNC(=O)Cn1c(C)ccc(C(C)=O)c1=O. The molecule has 0 saturated carbocycles. The lowest BCUT2D eigenvalue weighted by atomic mass is 10.2. The van der Waals surface area contributed by atoms with Crippen LogP contribution in [0.3, 0.4) is 0 Å². The van der Waals surface area contributed by atoms with Gasteiger partial charge < -0.3 is 9.88 Å². The van der Waals surface area contributed by atoms with Gasteiger partial charge in [-0.05, 0) is 32.4 Å². The van der Waals surface area contributed by atoms with E-state index >= 15 is 0 Å². The first kappa shape index (κ1) is 14.2. The molecule has 1 heterocycles. The van der Waals surface area contributed by atoms with E-state index in [0.717, 1.165) is 6.42 Å². The molecule has 0 saturated heterocycles. The van der Waals surface area contributed by atoms with Crippen LogP contribution < -0.4 is 10.9 Å². The number of pyridine rings is 1. The third-order valence-corrected chi connectivity index (χ3v) is 2.65. The Kier molecular flexibility index (Phi) is 4.83. The first-order valence-corrected chi connectivity index (χ1v) is 5.95. The van der Waals surface area contributed by atoms with Gasteiger partial charge in [-0.1, -0.05) is 6.92 Å². The minimum atomic E-state index is -0.408. The Bertz CT molecular complexity index is 517. The van der Waals surface area contributed by atoms with Crippen molar-refractivity contribution in [1.82, 2.24) is 9.88 Å².